The number of methoxy groups -OCH3 is 3. The Morgan fingerprint density at radius 2 is 1.75 bits per heavy atom. The third kappa shape index (κ3) is 2.41. The number of rotatable bonds is 4. The summed E-state index contributed by atoms with van der Waals surface area (Å²) in [4.78, 5) is 18.3. The largest absolute Gasteiger partial charge is 0.493 e. The van der Waals surface area contributed by atoms with Gasteiger partial charge < -0.3 is 14.2 Å². The average molecular weight is 278 g/mol. The van der Waals surface area contributed by atoms with E-state index >= 15 is 0 Å². The van der Waals surface area contributed by atoms with Crippen molar-refractivity contribution >= 4 is 11.7 Å². The molecule has 0 fully saturated rings. The van der Waals surface area contributed by atoms with Crippen molar-refractivity contribution in [3.05, 3.63) is 17.7 Å². The maximum absolute atomic E-state index is 12.5. The number of amidine groups is 1. The summed E-state index contributed by atoms with van der Waals surface area (Å²) in [6, 6.07) is 3.30. The summed E-state index contributed by atoms with van der Waals surface area (Å²) in [5, 5.41) is 0. The second kappa shape index (κ2) is 5.81. The normalized spacial score (nSPS) is 14.0. The van der Waals surface area contributed by atoms with Gasteiger partial charge in [-0.3, -0.25) is 14.7 Å². The van der Waals surface area contributed by atoms with Crippen molar-refractivity contribution in [2.75, 3.05) is 34.4 Å². The quantitative estimate of drug-likeness (QED) is 0.839. The minimum Gasteiger partial charge on any atom is -0.493 e. The van der Waals surface area contributed by atoms with Gasteiger partial charge in [0, 0.05) is 12.1 Å². The number of nitrogens with zero attached hydrogens (tertiary/aromatic N) is 2. The highest BCUT2D eigenvalue weighted by molar-refractivity contribution is 6.07. The molecule has 0 radical (unpaired) electrons. The van der Waals surface area contributed by atoms with Crippen LogP contribution in [-0.4, -0.2) is 51.1 Å². The van der Waals surface area contributed by atoms with Crippen LogP contribution in [0.2, 0.25) is 0 Å². The fourth-order valence-corrected chi connectivity index (χ4v) is 2.17. The maximum Gasteiger partial charge on any atom is 0.259 e. The van der Waals surface area contributed by atoms with E-state index in [-0.39, 0.29) is 5.91 Å². The van der Waals surface area contributed by atoms with Crippen molar-refractivity contribution in [1.82, 2.24) is 4.90 Å². The summed E-state index contributed by atoms with van der Waals surface area (Å²) in [6.45, 7) is 3.06. The van der Waals surface area contributed by atoms with Gasteiger partial charge in [0.05, 0.1) is 27.9 Å². The molecule has 1 aliphatic heterocycles. The van der Waals surface area contributed by atoms with Crippen LogP contribution in [0.15, 0.2) is 17.1 Å². The third-order valence-corrected chi connectivity index (χ3v) is 3.21. The van der Waals surface area contributed by atoms with Gasteiger partial charge in [-0.1, -0.05) is 0 Å². The zero-order valence-corrected chi connectivity index (χ0v) is 12.1. The van der Waals surface area contributed by atoms with E-state index in [2.05, 4.69) is 4.99 Å². The summed E-state index contributed by atoms with van der Waals surface area (Å²) >= 11 is 0. The molecular weight excluding hydrogens is 260 g/mol. The van der Waals surface area contributed by atoms with E-state index in [0.29, 0.717) is 35.9 Å². The highest BCUT2D eigenvalue weighted by Gasteiger charge is 2.24. The van der Waals surface area contributed by atoms with Crippen LogP contribution in [-0.2, 0) is 0 Å². The molecule has 108 valence electrons. The number of aliphatic imine (C=N–C) groups is 1. The third-order valence-electron chi connectivity index (χ3n) is 3.21. The molecule has 0 saturated heterocycles. The minimum atomic E-state index is -0.122. The van der Waals surface area contributed by atoms with E-state index in [1.165, 1.54) is 21.3 Å². The Labute approximate surface area is 118 Å². The van der Waals surface area contributed by atoms with E-state index in [1.807, 2.05) is 6.92 Å². The second-order valence-corrected chi connectivity index (χ2v) is 4.30. The van der Waals surface area contributed by atoms with Gasteiger partial charge in [-0.2, -0.15) is 0 Å². The Kier molecular flexibility index (Phi) is 4.12. The minimum absolute atomic E-state index is 0.122. The Morgan fingerprint density at radius 1 is 1.15 bits per heavy atom. The van der Waals surface area contributed by atoms with Gasteiger partial charge in [0.15, 0.2) is 11.5 Å². The van der Waals surface area contributed by atoms with Crippen molar-refractivity contribution < 1.29 is 19.0 Å². The van der Waals surface area contributed by atoms with Crippen LogP contribution in [0.4, 0.5) is 0 Å². The fraction of sp³-hybridized carbons (Fsp3) is 0.429. The van der Waals surface area contributed by atoms with Crippen molar-refractivity contribution in [3.8, 4) is 17.2 Å². The Morgan fingerprint density at radius 3 is 2.15 bits per heavy atom. The maximum atomic E-state index is 12.5. The molecule has 0 atom stereocenters. The van der Waals surface area contributed by atoms with Crippen LogP contribution >= 0.6 is 0 Å². The summed E-state index contributed by atoms with van der Waals surface area (Å²) in [6.07, 6.45) is 0. The van der Waals surface area contributed by atoms with Crippen LogP contribution in [0.3, 0.4) is 0 Å². The summed E-state index contributed by atoms with van der Waals surface area (Å²) in [5.74, 6) is 2.00. The highest BCUT2D eigenvalue weighted by atomic mass is 16.5. The molecular formula is C14H18N2O4. The fourth-order valence-electron chi connectivity index (χ4n) is 2.17. The molecule has 0 aliphatic carbocycles. The number of ether oxygens (including phenoxy) is 3. The molecule has 1 aromatic rings. The van der Waals surface area contributed by atoms with Gasteiger partial charge in [0.2, 0.25) is 5.75 Å². The standard InChI is InChI=1S/C14H18N2O4/c1-9-15-5-6-16(9)14(17)10-7-11(18-2)13(20-4)12(8-10)19-3/h7-8H,5-6H2,1-4H3. The van der Waals surface area contributed by atoms with Crippen LogP contribution in [0.25, 0.3) is 0 Å². The molecule has 1 aromatic carbocycles. The molecule has 1 amide bonds. The summed E-state index contributed by atoms with van der Waals surface area (Å²) in [7, 11) is 4.57. The Bertz CT molecular complexity index is 529. The Hall–Kier alpha value is -2.24. The smallest absolute Gasteiger partial charge is 0.259 e. The molecule has 6 heteroatoms. The molecule has 0 saturated carbocycles. The lowest BCUT2D eigenvalue weighted by molar-refractivity contribution is 0.0856. The zero-order valence-electron chi connectivity index (χ0n) is 12.1. The van der Waals surface area contributed by atoms with E-state index < -0.39 is 0 Å². The molecule has 1 heterocycles. The summed E-state index contributed by atoms with van der Waals surface area (Å²) < 4.78 is 15.7. The van der Waals surface area contributed by atoms with Crippen LogP contribution in [0, 0.1) is 0 Å². The first-order chi connectivity index (χ1) is 9.62. The Balaban J connectivity index is 2.42. The van der Waals surface area contributed by atoms with Crippen molar-refractivity contribution in [2.45, 2.75) is 6.92 Å². The van der Waals surface area contributed by atoms with Gasteiger partial charge in [0.25, 0.3) is 5.91 Å². The molecule has 0 aromatic heterocycles. The van der Waals surface area contributed by atoms with Gasteiger partial charge in [-0.15, -0.1) is 0 Å². The van der Waals surface area contributed by atoms with Crippen LogP contribution in [0.1, 0.15) is 17.3 Å². The zero-order chi connectivity index (χ0) is 14.7. The lowest BCUT2D eigenvalue weighted by atomic mass is 10.1. The predicted octanol–water partition coefficient (Wildman–Crippen LogP) is 1.59. The van der Waals surface area contributed by atoms with E-state index in [9.17, 15) is 4.79 Å². The topological polar surface area (TPSA) is 60.4 Å². The molecule has 0 N–H and O–H groups in total. The van der Waals surface area contributed by atoms with Crippen molar-refractivity contribution in [1.29, 1.82) is 0 Å². The first-order valence-electron chi connectivity index (χ1n) is 6.25. The first-order valence-corrected chi connectivity index (χ1v) is 6.25. The second-order valence-electron chi connectivity index (χ2n) is 4.30. The van der Waals surface area contributed by atoms with Gasteiger partial charge in [0.1, 0.15) is 5.84 Å². The van der Waals surface area contributed by atoms with E-state index in [4.69, 9.17) is 14.2 Å². The number of hydrogen-bond donors (Lipinski definition) is 0. The SMILES string of the molecule is COc1cc(C(=O)N2CCN=C2C)cc(OC)c1OC. The van der Waals surface area contributed by atoms with Crippen LogP contribution in [0.5, 0.6) is 17.2 Å². The van der Waals surface area contributed by atoms with Crippen LogP contribution < -0.4 is 14.2 Å². The van der Waals surface area contributed by atoms with Gasteiger partial charge >= 0.3 is 0 Å². The molecule has 2 rings (SSSR count). The van der Waals surface area contributed by atoms with Crippen molar-refractivity contribution in [2.24, 2.45) is 4.99 Å². The molecule has 6 nitrogen and oxygen atoms in total. The van der Waals surface area contributed by atoms with Crippen molar-refractivity contribution in [3.63, 3.8) is 0 Å². The number of amides is 1. The van der Waals surface area contributed by atoms with E-state index in [0.717, 1.165) is 5.84 Å². The molecule has 0 unspecified atom stereocenters. The number of hydrogen-bond acceptors (Lipinski definition) is 5. The lowest BCUT2D eigenvalue weighted by Crippen LogP contribution is -2.32. The average Bonchev–Trinajstić information content (AvgIpc) is 2.90. The van der Waals surface area contributed by atoms with Gasteiger partial charge in [-0.05, 0) is 19.1 Å². The number of benzene rings is 1. The number of carbonyl (C=O) groups is 1. The predicted molar refractivity (Wildman–Crippen MR) is 75.1 cm³/mol. The highest BCUT2D eigenvalue weighted by Crippen LogP contribution is 2.38. The van der Waals surface area contributed by atoms with Gasteiger partial charge in [-0.25, -0.2) is 0 Å². The lowest BCUT2D eigenvalue weighted by Gasteiger charge is -2.18. The molecule has 0 bridgehead atoms. The monoisotopic (exact) mass is 278 g/mol. The molecule has 1 aliphatic rings. The summed E-state index contributed by atoms with van der Waals surface area (Å²) in [5.41, 5.74) is 0.482. The first kappa shape index (κ1) is 14.2. The molecule has 0 spiro atoms. The number of carbonyl (C=O) groups excluding carboxylic acids is 1. The van der Waals surface area contributed by atoms with E-state index in [1.54, 1.807) is 17.0 Å². The molecule has 20 heavy (non-hydrogen) atoms.